The van der Waals surface area contributed by atoms with Crippen molar-refractivity contribution in [1.82, 2.24) is 20.2 Å². The molecule has 0 bridgehead atoms. The highest BCUT2D eigenvalue weighted by Crippen LogP contribution is 2.43. The van der Waals surface area contributed by atoms with Gasteiger partial charge in [0, 0.05) is 42.0 Å². The zero-order valence-corrected chi connectivity index (χ0v) is 13.1. The molecule has 2 aromatic rings. The van der Waals surface area contributed by atoms with Gasteiger partial charge in [0.05, 0.1) is 6.33 Å². The summed E-state index contributed by atoms with van der Waals surface area (Å²) in [4.78, 5) is 16.0. The molecule has 1 saturated carbocycles. The molecule has 3 atom stereocenters. The number of urea groups is 1. The maximum absolute atomic E-state index is 12.0. The SMILES string of the molecule is C[C@H](Cn1ccnc1)NC(=O)N[C@@H]1C[C@H]1c1ccccc1Cl. The Labute approximate surface area is 134 Å². The first kappa shape index (κ1) is 14.9. The predicted octanol–water partition coefficient (Wildman–Crippen LogP) is 2.78. The van der Waals surface area contributed by atoms with Crippen molar-refractivity contribution in [2.75, 3.05) is 0 Å². The number of aromatic nitrogens is 2. The normalized spacial score (nSPS) is 21.2. The minimum absolute atomic E-state index is 0.0340. The number of carbonyl (C=O) groups is 1. The van der Waals surface area contributed by atoms with Gasteiger partial charge in [-0.2, -0.15) is 0 Å². The van der Waals surface area contributed by atoms with Gasteiger partial charge in [0.1, 0.15) is 0 Å². The van der Waals surface area contributed by atoms with Crippen LogP contribution in [0, 0.1) is 0 Å². The Morgan fingerprint density at radius 1 is 1.50 bits per heavy atom. The predicted molar refractivity (Wildman–Crippen MR) is 86.0 cm³/mol. The number of halogens is 1. The van der Waals surface area contributed by atoms with E-state index < -0.39 is 0 Å². The lowest BCUT2D eigenvalue weighted by molar-refractivity contribution is 0.236. The summed E-state index contributed by atoms with van der Waals surface area (Å²) < 4.78 is 1.94. The van der Waals surface area contributed by atoms with Gasteiger partial charge in [0.25, 0.3) is 0 Å². The smallest absolute Gasteiger partial charge is 0.315 e. The zero-order valence-electron chi connectivity index (χ0n) is 12.4. The molecule has 1 heterocycles. The number of nitrogens with zero attached hydrogens (tertiary/aromatic N) is 2. The molecule has 1 aliphatic carbocycles. The van der Waals surface area contributed by atoms with Gasteiger partial charge in [-0.25, -0.2) is 9.78 Å². The van der Waals surface area contributed by atoms with Gasteiger partial charge in [-0.05, 0) is 25.0 Å². The Bertz CT molecular complexity index is 643. The number of imidazole rings is 1. The topological polar surface area (TPSA) is 59.0 Å². The molecule has 0 spiro atoms. The summed E-state index contributed by atoms with van der Waals surface area (Å²) in [6.07, 6.45) is 6.28. The van der Waals surface area contributed by atoms with Crippen LogP contribution in [0.2, 0.25) is 5.02 Å². The number of carbonyl (C=O) groups excluding carboxylic acids is 1. The lowest BCUT2D eigenvalue weighted by Gasteiger charge is -2.15. The van der Waals surface area contributed by atoms with Crippen molar-refractivity contribution in [3.8, 4) is 0 Å². The van der Waals surface area contributed by atoms with E-state index >= 15 is 0 Å². The van der Waals surface area contributed by atoms with Gasteiger partial charge >= 0.3 is 6.03 Å². The standard InChI is InChI=1S/C16H19ClN4O/c1-11(9-21-7-6-18-10-21)19-16(22)20-15-8-13(15)12-4-2-3-5-14(12)17/h2-7,10-11,13,15H,8-9H2,1H3,(H2,19,20,22)/t11-,13+,15-/m1/s1. The minimum atomic E-state index is -0.132. The number of amides is 2. The fraction of sp³-hybridized carbons (Fsp3) is 0.375. The number of nitrogens with one attached hydrogen (secondary N) is 2. The molecule has 6 heteroatoms. The molecule has 0 radical (unpaired) electrons. The summed E-state index contributed by atoms with van der Waals surface area (Å²) in [7, 11) is 0. The summed E-state index contributed by atoms with van der Waals surface area (Å²) in [5.74, 6) is 0.323. The summed E-state index contributed by atoms with van der Waals surface area (Å²) in [6.45, 7) is 2.67. The Morgan fingerprint density at radius 2 is 2.32 bits per heavy atom. The molecule has 3 rings (SSSR count). The van der Waals surface area contributed by atoms with E-state index in [4.69, 9.17) is 11.6 Å². The molecule has 0 aliphatic heterocycles. The summed E-state index contributed by atoms with van der Waals surface area (Å²) in [5, 5.41) is 6.72. The molecule has 5 nitrogen and oxygen atoms in total. The fourth-order valence-corrected chi connectivity index (χ4v) is 2.94. The first-order valence-electron chi connectivity index (χ1n) is 7.40. The van der Waals surface area contributed by atoms with E-state index in [0.717, 1.165) is 17.0 Å². The van der Waals surface area contributed by atoms with Gasteiger partial charge in [0.15, 0.2) is 0 Å². The maximum Gasteiger partial charge on any atom is 0.315 e. The van der Waals surface area contributed by atoms with Gasteiger partial charge in [-0.1, -0.05) is 29.8 Å². The number of benzene rings is 1. The monoisotopic (exact) mass is 318 g/mol. The second-order valence-electron chi connectivity index (χ2n) is 5.75. The molecular weight excluding hydrogens is 300 g/mol. The molecule has 116 valence electrons. The molecule has 1 aromatic carbocycles. The van der Waals surface area contributed by atoms with Crippen LogP contribution in [0.3, 0.4) is 0 Å². The highest BCUT2D eigenvalue weighted by molar-refractivity contribution is 6.31. The highest BCUT2D eigenvalue weighted by atomic mass is 35.5. The molecule has 2 N–H and O–H groups in total. The fourth-order valence-electron chi connectivity index (χ4n) is 2.66. The Morgan fingerprint density at radius 3 is 3.05 bits per heavy atom. The molecule has 1 aromatic heterocycles. The number of hydrogen-bond acceptors (Lipinski definition) is 2. The zero-order chi connectivity index (χ0) is 15.5. The van der Waals surface area contributed by atoms with E-state index in [1.54, 1.807) is 12.5 Å². The van der Waals surface area contributed by atoms with Crippen LogP contribution < -0.4 is 10.6 Å². The lowest BCUT2D eigenvalue weighted by Crippen LogP contribution is -2.43. The molecule has 0 saturated heterocycles. The van der Waals surface area contributed by atoms with Crippen molar-refractivity contribution in [2.24, 2.45) is 0 Å². The number of rotatable bonds is 5. The minimum Gasteiger partial charge on any atom is -0.335 e. The first-order valence-corrected chi connectivity index (χ1v) is 7.78. The second kappa shape index (κ2) is 6.40. The quantitative estimate of drug-likeness (QED) is 0.890. The largest absolute Gasteiger partial charge is 0.335 e. The highest BCUT2D eigenvalue weighted by Gasteiger charge is 2.40. The lowest BCUT2D eigenvalue weighted by atomic mass is 10.1. The van der Waals surface area contributed by atoms with E-state index in [9.17, 15) is 4.79 Å². The van der Waals surface area contributed by atoms with E-state index in [0.29, 0.717) is 12.5 Å². The average molecular weight is 319 g/mol. The molecule has 22 heavy (non-hydrogen) atoms. The van der Waals surface area contributed by atoms with Crippen molar-refractivity contribution in [2.45, 2.75) is 37.9 Å². The summed E-state index contributed by atoms with van der Waals surface area (Å²) in [5.41, 5.74) is 1.11. The molecule has 0 unspecified atom stereocenters. The Balaban J connectivity index is 1.46. The van der Waals surface area contributed by atoms with Crippen molar-refractivity contribution in [3.05, 3.63) is 53.6 Å². The Hall–Kier alpha value is -2.01. The maximum atomic E-state index is 12.0. The van der Waals surface area contributed by atoms with Crippen LogP contribution in [0.25, 0.3) is 0 Å². The van der Waals surface area contributed by atoms with E-state index in [1.165, 1.54) is 0 Å². The molecular formula is C16H19ClN4O. The third-order valence-corrected chi connectivity index (χ3v) is 4.18. The van der Waals surface area contributed by atoms with E-state index in [1.807, 2.05) is 42.0 Å². The third kappa shape index (κ3) is 3.60. The van der Waals surface area contributed by atoms with Crippen LogP contribution in [-0.4, -0.2) is 27.7 Å². The third-order valence-electron chi connectivity index (χ3n) is 3.83. The van der Waals surface area contributed by atoms with Crippen molar-refractivity contribution in [3.63, 3.8) is 0 Å². The van der Waals surface area contributed by atoms with Crippen LogP contribution in [-0.2, 0) is 6.54 Å². The average Bonchev–Trinajstić information content (AvgIpc) is 3.02. The van der Waals surface area contributed by atoms with Crippen LogP contribution in [0.5, 0.6) is 0 Å². The van der Waals surface area contributed by atoms with Crippen LogP contribution >= 0.6 is 11.6 Å². The van der Waals surface area contributed by atoms with E-state index in [-0.39, 0.29) is 18.1 Å². The van der Waals surface area contributed by atoms with E-state index in [2.05, 4.69) is 15.6 Å². The summed E-state index contributed by atoms with van der Waals surface area (Å²) in [6, 6.07) is 7.87. The molecule has 1 fully saturated rings. The Kier molecular flexibility index (Phi) is 4.34. The molecule has 1 aliphatic rings. The van der Waals surface area contributed by atoms with Crippen molar-refractivity contribution < 1.29 is 4.79 Å². The van der Waals surface area contributed by atoms with Gasteiger partial charge < -0.3 is 15.2 Å². The van der Waals surface area contributed by atoms with Crippen molar-refractivity contribution in [1.29, 1.82) is 0 Å². The van der Waals surface area contributed by atoms with Gasteiger partial charge in [-0.3, -0.25) is 0 Å². The number of hydrogen-bond donors (Lipinski definition) is 2. The molecule has 2 amide bonds. The second-order valence-corrected chi connectivity index (χ2v) is 6.16. The van der Waals surface area contributed by atoms with Crippen LogP contribution in [0.4, 0.5) is 4.79 Å². The van der Waals surface area contributed by atoms with Gasteiger partial charge in [-0.15, -0.1) is 0 Å². The van der Waals surface area contributed by atoms with Crippen LogP contribution in [0.1, 0.15) is 24.8 Å². The van der Waals surface area contributed by atoms with Gasteiger partial charge in [0.2, 0.25) is 0 Å². The summed E-state index contributed by atoms with van der Waals surface area (Å²) >= 11 is 6.19. The first-order chi connectivity index (χ1) is 10.6. The van der Waals surface area contributed by atoms with Crippen LogP contribution in [0.15, 0.2) is 43.0 Å². The van der Waals surface area contributed by atoms with Crippen molar-refractivity contribution >= 4 is 17.6 Å².